The molecule has 1 aliphatic carbocycles. The van der Waals surface area contributed by atoms with Gasteiger partial charge in [-0.05, 0) is 57.2 Å². The van der Waals surface area contributed by atoms with E-state index in [2.05, 4.69) is 16.0 Å². The molecule has 1 aromatic carbocycles. The fraction of sp³-hybridized carbons (Fsp3) is 0.600. The van der Waals surface area contributed by atoms with Crippen molar-refractivity contribution >= 4 is 23.4 Å². The SMILES string of the molecule is C[C@H](Nc1cc(F)ccc1F)C(=O)N1[C@@H]2CC[C@H]([C@H]1C(=O)N[C@H](C#N)C[C@H]1CCCNC1=O)C(F)(F)C2. The van der Waals surface area contributed by atoms with Gasteiger partial charge in [-0.1, -0.05) is 0 Å². The number of carbonyl (C=O) groups excluding carboxylic acids is 3. The van der Waals surface area contributed by atoms with Gasteiger partial charge in [0, 0.05) is 24.9 Å². The first-order valence-electron chi connectivity index (χ1n) is 12.4. The minimum atomic E-state index is -3.20. The second-order valence-corrected chi connectivity index (χ2v) is 10.0. The Morgan fingerprint density at radius 2 is 2.03 bits per heavy atom. The van der Waals surface area contributed by atoms with Crippen LogP contribution in [0.4, 0.5) is 23.2 Å². The molecule has 3 N–H and O–H groups in total. The Morgan fingerprint density at radius 1 is 1.27 bits per heavy atom. The molecule has 12 heteroatoms. The van der Waals surface area contributed by atoms with Gasteiger partial charge in [0.25, 0.3) is 5.92 Å². The Kier molecular flexibility index (Phi) is 7.62. The molecule has 1 saturated carbocycles. The molecule has 1 aromatic rings. The van der Waals surface area contributed by atoms with Gasteiger partial charge in [0.15, 0.2) is 0 Å². The van der Waals surface area contributed by atoms with E-state index >= 15 is 0 Å². The van der Waals surface area contributed by atoms with Crippen LogP contribution in [0.25, 0.3) is 0 Å². The minimum absolute atomic E-state index is 0.0160. The Balaban J connectivity index is 1.54. The van der Waals surface area contributed by atoms with Crippen LogP contribution in [0.15, 0.2) is 18.2 Å². The van der Waals surface area contributed by atoms with Crippen molar-refractivity contribution < 1.29 is 31.9 Å². The van der Waals surface area contributed by atoms with Crippen LogP contribution in [-0.2, 0) is 14.4 Å². The Morgan fingerprint density at radius 3 is 2.70 bits per heavy atom. The van der Waals surface area contributed by atoms with Crippen LogP contribution >= 0.6 is 0 Å². The number of nitrogens with one attached hydrogen (secondary N) is 3. The second kappa shape index (κ2) is 10.6. The molecule has 3 aliphatic heterocycles. The van der Waals surface area contributed by atoms with Gasteiger partial charge in [0.05, 0.1) is 17.7 Å². The monoisotopic (exact) mass is 523 g/mol. The highest BCUT2D eigenvalue weighted by Gasteiger charge is 2.60. The van der Waals surface area contributed by atoms with Crippen molar-refractivity contribution in [3.05, 3.63) is 29.8 Å². The maximum absolute atomic E-state index is 14.9. The van der Waals surface area contributed by atoms with Gasteiger partial charge in [-0.25, -0.2) is 17.6 Å². The summed E-state index contributed by atoms with van der Waals surface area (Å²) in [7, 11) is 0. The van der Waals surface area contributed by atoms with Crippen LogP contribution in [0.5, 0.6) is 0 Å². The predicted molar refractivity (Wildman–Crippen MR) is 124 cm³/mol. The maximum Gasteiger partial charge on any atom is 0.255 e. The number of hydrogen-bond acceptors (Lipinski definition) is 5. The molecule has 3 amide bonds. The third kappa shape index (κ3) is 5.50. The van der Waals surface area contributed by atoms with Gasteiger partial charge in [-0.15, -0.1) is 0 Å². The van der Waals surface area contributed by atoms with E-state index < -0.39 is 71.8 Å². The molecule has 0 spiro atoms. The lowest BCUT2D eigenvalue weighted by Gasteiger charge is -2.54. The van der Waals surface area contributed by atoms with Crippen molar-refractivity contribution in [2.45, 2.75) is 75.5 Å². The number of alkyl halides is 2. The topological polar surface area (TPSA) is 114 Å². The Bertz CT molecular complexity index is 1110. The molecule has 3 heterocycles. The average Bonchev–Trinajstić information content (AvgIpc) is 2.85. The zero-order valence-electron chi connectivity index (χ0n) is 20.3. The van der Waals surface area contributed by atoms with E-state index in [9.17, 15) is 37.2 Å². The van der Waals surface area contributed by atoms with Crippen molar-refractivity contribution in [1.29, 1.82) is 5.26 Å². The number of nitriles is 1. The fourth-order valence-corrected chi connectivity index (χ4v) is 5.70. The summed E-state index contributed by atoms with van der Waals surface area (Å²) in [6.45, 7) is 1.91. The predicted octanol–water partition coefficient (Wildman–Crippen LogP) is 2.70. The zero-order valence-corrected chi connectivity index (χ0v) is 20.3. The summed E-state index contributed by atoms with van der Waals surface area (Å²) < 4.78 is 57.5. The van der Waals surface area contributed by atoms with Gasteiger partial charge in [-0.3, -0.25) is 14.4 Å². The van der Waals surface area contributed by atoms with E-state index in [1.165, 1.54) is 6.92 Å². The lowest BCUT2D eigenvalue weighted by Crippen LogP contribution is -2.70. The molecule has 37 heavy (non-hydrogen) atoms. The highest BCUT2D eigenvalue weighted by atomic mass is 19.3. The molecule has 4 fully saturated rings. The molecule has 0 radical (unpaired) electrons. The molecule has 0 aromatic heterocycles. The highest BCUT2D eigenvalue weighted by Crippen LogP contribution is 2.49. The third-order valence-electron chi connectivity index (χ3n) is 7.52. The van der Waals surface area contributed by atoms with E-state index in [1.807, 2.05) is 6.07 Å². The van der Waals surface area contributed by atoms with E-state index in [4.69, 9.17) is 0 Å². The first-order valence-corrected chi connectivity index (χ1v) is 12.4. The molecule has 4 aliphatic rings. The number of halogens is 4. The molecule has 5 rings (SSSR count). The number of fused-ring (bicyclic) bond motifs is 3. The Hall–Kier alpha value is -3.36. The normalized spacial score (nSPS) is 28.0. The first kappa shape index (κ1) is 26.7. The lowest BCUT2D eigenvalue weighted by molar-refractivity contribution is -0.194. The number of hydrogen-bond donors (Lipinski definition) is 3. The number of rotatable bonds is 7. The van der Waals surface area contributed by atoms with Gasteiger partial charge < -0.3 is 20.9 Å². The number of anilines is 1. The summed E-state index contributed by atoms with van der Waals surface area (Å²) in [5, 5.41) is 17.4. The maximum atomic E-state index is 14.9. The molecular weight excluding hydrogens is 494 g/mol. The Labute approximate surface area is 211 Å². The van der Waals surface area contributed by atoms with Crippen LogP contribution < -0.4 is 16.0 Å². The van der Waals surface area contributed by atoms with Gasteiger partial charge in [-0.2, -0.15) is 5.26 Å². The van der Waals surface area contributed by atoms with Gasteiger partial charge in [0.1, 0.15) is 29.8 Å². The lowest BCUT2D eigenvalue weighted by atomic mass is 9.71. The number of amides is 3. The summed E-state index contributed by atoms with van der Waals surface area (Å²) in [5.41, 5.74) is -0.273. The minimum Gasteiger partial charge on any atom is -0.371 e. The fourth-order valence-electron chi connectivity index (χ4n) is 5.70. The summed E-state index contributed by atoms with van der Waals surface area (Å²) in [5.74, 6) is -8.52. The molecule has 2 bridgehead atoms. The number of piperidine rings is 3. The standard InChI is InChI=1S/C25H29F4N5O3/c1-13(32-20-10-15(26)4-7-19(20)27)24(37)34-17-5-6-18(25(28,29)11-17)21(34)23(36)33-16(12-30)9-14-3-2-8-31-22(14)35/h4,7,10,13-14,16-18,21,32H,2-3,5-6,8-9,11H2,1H3,(H,31,35)(H,33,36)/t13-,14+,16-,17+,18+,21-/m0/s1. The van der Waals surface area contributed by atoms with Gasteiger partial charge in [0.2, 0.25) is 17.7 Å². The largest absolute Gasteiger partial charge is 0.371 e. The second-order valence-electron chi connectivity index (χ2n) is 10.0. The van der Waals surface area contributed by atoms with Crippen molar-refractivity contribution in [2.24, 2.45) is 11.8 Å². The summed E-state index contributed by atoms with van der Waals surface area (Å²) in [6.07, 6.45) is 0.952. The molecular formula is C25H29F4N5O3. The highest BCUT2D eigenvalue weighted by molar-refractivity contribution is 5.92. The van der Waals surface area contributed by atoms with E-state index in [0.717, 1.165) is 29.5 Å². The summed E-state index contributed by atoms with van der Waals surface area (Å²) >= 11 is 0. The quantitative estimate of drug-likeness (QED) is 0.476. The van der Waals surface area contributed by atoms with Crippen LogP contribution in [0.2, 0.25) is 0 Å². The zero-order chi connectivity index (χ0) is 26.9. The summed E-state index contributed by atoms with van der Waals surface area (Å²) in [4.78, 5) is 40.0. The molecule has 200 valence electrons. The smallest absolute Gasteiger partial charge is 0.255 e. The number of benzene rings is 1. The van der Waals surface area contributed by atoms with E-state index in [1.54, 1.807) is 0 Å². The van der Waals surface area contributed by atoms with Crippen molar-refractivity contribution in [3.8, 4) is 6.07 Å². The average molecular weight is 524 g/mol. The van der Waals surface area contributed by atoms with Gasteiger partial charge >= 0.3 is 0 Å². The molecule has 6 atom stereocenters. The molecule has 0 unspecified atom stereocenters. The summed E-state index contributed by atoms with van der Waals surface area (Å²) in [6, 6.07) is -0.139. The van der Waals surface area contributed by atoms with Crippen LogP contribution in [0.3, 0.4) is 0 Å². The third-order valence-corrected chi connectivity index (χ3v) is 7.52. The van der Waals surface area contributed by atoms with Crippen LogP contribution in [0.1, 0.15) is 45.4 Å². The molecule has 3 saturated heterocycles. The van der Waals surface area contributed by atoms with E-state index in [0.29, 0.717) is 13.0 Å². The van der Waals surface area contributed by atoms with Crippen molar-refractivity contribution in [1.82, 2.24) is 15.5 Å². The van der Waals surface area contributed by atoms with Crippen LogP contribution in [0, 0.1) is 34.8 Å². The van der Waals surface area contributed by atoms with E-state index in [-0.39, 0.29) is 30.9 Å². The first-order chi connectivity index (χ1) is 17.5. The van der Waals surface area contributed by atoms with Crippen molar-refractivity contribution in [3.63, 3.8) is 0 Å². The number of carbonyl (C=O) groups is 3. The van der Waals surface area contributed by atoms with Crippen molar-refractivity contribution in [2.75, 3.05) is 11.9 Å². The molecule has 8 nitrogen and oxygen atoms in total. The van der Waals surface area contributed by atoms with Crippen LogP contribution in [-0.4, -0.2) is 59.3 Å². The number of nitrogens with zero attached hydrogens (tertiary/aromatic N) is 2.